The quantitative estimate of drug-likeness (QED) is 0.719. The van der Waals surface area contributed by atoms with E-state index in [4.69, 9.17) is 4.74 Å². The summed E-state index contributed by atoms with van der Waals surface area (Å²) < 4.78 is 33.3. The summed E-state index contributed by atoms with van der Waals surface area (Å²) in [6.07, 6.45) is 3.13. The Hall–Kier alpha value is -2.82. The van der Waals surface area contributed by atoms with Crippen LogP contribution in [0.5, 0.6) is 5.75 Å². The lowest BCUT2D eigenvalue weighted by molar-refractivity contribution is 0.413. The van der Waals surface area contributed by atoms with Crippen molar-refractivity contribution in [1.82, 2.24) is 9.97 Å². The van der Waals surface area contributed by atoms with Gasteiger partial charge < -0.3 is 4.74 Å². The Morgan fingerprint density at radius 2 is 1.43 bits per heavy atom. The molecule has 5 heteroatoms. The van der Waals surface area contributed by atoms with Crippen LogP contribution in [0.15, 0.2) is 48.8 Å². The first-order valence-electron chi connectivity index (χ1n) is 7.01. The number of halogens is 2. The molecule has 0 atom stereocenters. The minimum absolute atomic E-state index is 0.214. The molecule has 0 aliphatic rings. The predicted molar refractivity (Wildman–Crippen MR) is 84.1 cm³/mol. The van der Waals surface area contributed by atoms with E-state index in [1.54, 1.807) is 24.4 Å². The van der Waals surface area contributed by atoms with E-state index < -0.39 is 11.6 Å². The zero-order valence-electron chi connectivity index (χ0n) is 12.7. The average molecular weight is 312 g/mol. The summed E-state index contributed by atoms with van der Waals surface area (Å²) in [5, 5.41) is 0. The largest absolute Gasteiger partial charge is 0.495 e. The molecule has 3 rings (SSSR count). The van der Waals surface area contributed by atoms with Crippen LogP contribution in [0.3, 0.4) is 0 Å². The third-order valence-electron chi connectivity index (χ3n) is 3.49. The lowest BCUT2D eigenvalue weighted by atomic mass is 10.0. The second-order valence-electron chi connectivity index (χ2n) is 5.12. The van der Waals surface area contributed by atoms with Crippen LogP contribution in [0, 0.1) is 18.6 Å². The maximum atomic E-state index is 14.1. The number of hydrogen-bond acceptors (Lipinski definition) is 3. The molecule has 0 radical (unpaired) electrons. The van der Waals surface area contributed by atoms with Crippen molar-refractivity contribution in [3.05, 3.63) is 66.0 Å². The number of pyridine rings is 2. The summed E-state index contributed by atoms with van der Waals surface area (Å²) in [7, 11) is 1.52. The summed E-state index contributed by atoms with van der Waals surface area (Å²) >= 11 is 0. The van der Waals surface area contributed by atoms with Crippen LogP contribution < -0.4 is 4.74 Å². The Bertz CT molecular complexity index is 831. The molecule has 0 N–H and O–H groups in total. The van der Waals surface area contributed by atoms with Gasteiger partial charge in [-0.15, -0.1) is 0 Å². The SMILES string of the molecule is COc1ccc(-c2cc(-c3ccc(C)cn3)c(F)cc2F)nc1. The molecule has 0 amide bonds. The monoisotopic (exact) mass is 312 g/mol. The molecule has 0 bridgehead atoms. The van der Waals surface area contributed by atoms with Crippen LogP contribution in [0.2, 0.25) is 0 Å². The van der Waals surface area contributed by atoms with Crippen molar-refractivity contribution in [3.8, 4) is 28.3 Å². The lowest BCUT2D eigenvalue weighted by Gasteiger charge is -2.09. The number of methoxy groups -OCH3 is 1. The molecular weight excluding hydrogens is 298 g/mol. The van der Waals surface area contributed by atoms with Crippen molar-refractivity contribution in [2.45, 2.75) is 6.92 Å². The molecule has 23 heavy (non-hydrogen) atoms. The first kappa shape index (κ1) is 15.1. The molecule has 3 aromatic rings. The second-order valence-corrected chi connectivity index (χ2v) is 5.12. The van der Waals surface area contributed by atoms with E-state index in [0.29, 0.717) is 17.1 Å². The van der Waals surface area contributed by atoms with E-state index in [2.05, 4.69) is 9.97 Å². The van der Waals surface area contributed by atoms with Crippen LogP contribution in [0.4, 0.5) is 8.78 Å². The zero-order chi connectivity index (χ0) is 16.4. The van der Waals surface area contributed by atoms with Crippen molar-refractivity contribution in [1.29, 1.82) is 0 Å². The third-order valence-corrected chi connectivity index (χ3v) is 3.49. The summed E-state index contributed by atoms with van der Waals surface area (Å²) in [4.78, 5) is 8.35. The van der Waals surface area contributed by atoms with Gasteiger partial charge in [0.05, 0.1) is 24.7 Å². The summed E-state index contributed by atoms with van der Waals surface area (Å²) in [5.74, 6) is -0.760. The van der Waals surface area contributed by atoms with Crippen molar-refractivity contribution in [2.75, 3.05) is 7.11 Å². The van der Waals surface area contributed by atoms with Crippen molar-refractivity contribution >= 4 is 0 Å². The molecule has 116 valence electrons. The van der Waals surface area contributed by atoms with E-state index in [1.807, 2.05) is 13.0 Å². The minimum atomic E-state index is -0.670. The number of benzene rings is 1. The van der Waals surface area contributed by atoms with Crippen LogP contribution in [-0.4, -0.2) is 17.1 Å². The van der Waals surface area contributed by atoms with Gasteiger partial charge in [-0.2, -0.15) is 0 Å². The summed E-state index contributed by atoms with van der Waals surface area (Å²) in [6.45, 7) is 1.89. The highest BCUT2D eigenvalue weighted by Crippen LogP contribution is 2.30. The molecule has 0 saturated carbocycles. The van der Waals surface area contributed by atoms with Gasteiger partial charge >= 0.3 is 0 Å². The Kier molecular flexibility index (Phi) is 4.02. The minimum Gasteiger partial charge on any atom is -0.495 e. The van der Waals surface area contributed by atoms with E-state index >= 15 is 0 Å². The first-order chi connectivity index (χ1) is 11.1. The van der Waals surface area contributed by atoms with Crippen LogP contribution in [-0.2, 0) is 0 Å². The molecule has 0 spiro atoms. The average Bonchev–Trinajstić information content (AvgIpc) is 2.56. The van der Waals surface area contributed by atoms with Gasteiger partial charge in [-0.25, -0.2) is 8.78 Å². The first-order valence-corrected chi connectivity index (χ1v) is 7.01. The van der Waals surface area contributed by atoms with Gasteiger partial charge in [0.25, 0.3) is 0 Å². The maximum Gasteiger partial charge on any atom is 0.137 e. The highest BCUT2D eigenvalue weighted by Gasteiger charge is 2.14. The van der Waals surface area contributed by atoms with Gasteiger partial charge in [0.15, 0.2) is 0 Å². The summed E-state index contributed by atoms with van der Waals surface area (Å²) in [6, 6.07) is 9.12. The highest BCUT2D eigenvalue weighted by molar-refractivity contribution is 5.70. The van der Waals surface area contributed by atoms with Gasteiger partial charge in [0.1, 0.15) is 17.4 Å². The molecule has 0 aliphatic heterocycles. The fraction of sp³-hybridized carbons (Fsp3) is 0.111. The normalized spacial score (nSPS) is 10.6. The number of aryl methyl sites for hydroxylation is 1. The highest BCUT2D eigenvalue weighted by atomic mass is 19.1. The van der Waals surface area contributed by atoms with E-state index in [1.165, 1.54) is 19.4 Å². The van der Waals surface area contributed by atoms with Gasteiger partial charge in [-0.3, -0.25) is 9.97 Å². The Balaban J connectivity index is 2.10. The van der Waals surface area contributed by atoms with Crippen LogP contribution in [0.25, 0.3) is 22.5 Å². The number of nitrogens with zero attached hydrogens (tertiary/aromatic N) is 2. The van der Waals surface area contributed by atoms with Gasteiger partial charge in [0.2, 0.25) is 0 Å². The van der Waals surface area contributed by atoms with E-state index in [0.717, 1.165) is 11.6 Å². The van der Waals surface area contributed by atoms with E-state index in [9.17, 15) is 8.78 Å². The standard InChI is InChI=1S/C18H14F2N2O/c1-11-3-5-17(21-9-11)13-7-14(16(20)8-15(13)19)18-6-4-12(23-2)10-22-18/h3-10H,1-2H3. The molecule has 1 aromatic carbocycles. The molecule has 0 fully saturated rings. The van der Waals surface area contributed by atoms with Gasteiger partial charge in [-0.05, 0) is 36.8 Å². The van der Waals surface area contributed by atoms with Crippen molar-refractivity contribution in [3.63, 3.8) is 0 Å². The van der Waals surface area contributed by atoms with Crippen molar-refractivity contribution in [2.24, 2.45) is 0 Å². The van der Waals surface area contributed by atoms with Gasteiger partial charge in [0, 0.05) is 23.4 Å². The molecule has 0 unspecified atom stereocenters. The Labute approximate surface area is 132 Å². The fourth-order valence-corrected chi connectivity index (χ4v) is 2.23. The number of aromatic nitrogens is 2. The fourth-order valence-electron chi connectivity index (χ4n) is 2.23. The topological polar surface area (TPSA) is 35.0 Å². The molecule has 0 aliphatic carbocycles. The summed E-state index contributed by atoms with van der Waals surface area (Å²) in [5.41, 5.74) is 2.26. The Morgan fingerprint density at radius 3 is 1.91 bits per heavy atom. The van der Waals surface area contributed by atoms with Crippen LogP contribution in [0.1, 0.15) is 5.56 Å². The smallest absolute Gasteiger partial charge is 0.137 e. The van der Waals surface area contributed by atoms with Crippen molar-refractivity contribution < 1.29 is 13.5 Å². The number of hydrogen-bond donors (Lipinski definition) is 0. The maximum absolute atomic E-state index is 14.1. The lowest BCUT2D eigenvalue weighted by Crippen LogP contribution is -1.95. The van der Waals surface area contributed by atoms with Gasteiger partial charge in [-0.1, -0.05) is 6.07 Å². The molecule has 3 nitrogen and oxygen atoms in total. The van der Waals surface area contributed by atoms with E-state index in [-0.39, 0.29) is 11.1 Å². The molecule has 2 heterocycles. The number of ether oxygens (including phenoxy) is 1. The molecule has 0 saturated heterocycles. The number of rotatable bonds is 3. The second kappa shape index (κ2) is 6.12. The molecular formula is C18H14F2N2O. The zero-order valence-corrected chi connectivity index (χ0v) is 12.7. The predicted octanol–water partition coefficient (Wildman–Crippen LogP) is 4.41. The molecule has 2 aromatic heterocycles. The third kappa shape index (κ3) is 3.04. The Morgan fingerprint density at radius 1 is 0.826 bits per heavy atom. The van der Waals surface area contributed by atoms with Crippen LogP contribution >= 0.6 is 0 Å².